The second-order valence-corrected chi connectivity index (χ2v) is 6.57. The topological polar surface area (TPSA) is 63.4 Å². The Kier molecular flexibility index (Phi) is 4.49. The fourth-order valence-electron chi connectivity index (χ4n) is 1.65. The number of sulfonamides is 1. The van der Waals surface area contributed by atoms with E-state index in [1.54, 1.807) is 11.4 Å². The molecule has 92 valence electrons. The molecule has 0 radical (unpaired) electrons. The van der Waals surface area contributed by atoms with Crippen LogP contribution in [0.15, 0.2) is 16.3 Å². The molecule has 0 spiro atoms. The molecular weight excluding hydrogens is 244 g/mol. The first-order chi connectivity index (χ1) is 7.45. The molecular formula is C10H18N2O2S2. The molecule has 6 heteroatoms. The van der Waals surface area contributed by atoms with Crippen molar-refractivity contribution in [3.63, 3.8) is 0 Å². The minimum Gasteiger partial charge on any atom is -0.326 e. The second-order valence-electron chi connectivity index (χ2n) is 3.71. The lowest BCUT2D eigenvalue weighted by Gasteiger charge is -2.24. The van der Waals surface area contributed by atoms with E-state index in [1.807, 2.05) is 20.8 Å². The zero-order chi connectivity index (χ0) is 12.3. The van der Waals surface area contributed by atoms with Gasteiger partial charge in [-0.05, 0) is 25.3 Å². The molecule has 16 heavy (non-hydrogen) atoms. The molecule has 1 rings (SSSR count). The zero-order valence-electron chi connectivity index (χ0n) is 9.80. The van der Waals surface area contributed by atoms with E-state index in [0.29, 0.717) is 11.4 Å². The highest BCUT2D eigenvalue weighted by molar-refractivity contribution is 7.89. The van der Waals surface area contributed by atoms with Crippen molar-refractivity contribution in [3.8, 4) is 0 Å². The van der Waals surface area contributed by atoms with Crippen LogP contribution in [0.1, 0.15) is 25.6 Å². The highest BCUT2D eigenvalue weighted by Crippen LogP contribution is 2.25. The quantitative estimate of drug-likeness (QED) is 0.877. The summed E-state index contributed by atoms with van der Waals surface area (Å²) in [6.07, 6.45) is 0. The van der Waals surface area contributed by atoms with Crippen LogP contribution in [0, 0.1) is 0 Å². The van der Waals surface area contributed by atoms with Gasteiger partial charge in [0, 0.05) is 24.0 Å². The molecule has 0 amide bonds. The number of nitrogens with zero attached hydrogens (tertiary/aromatic N) is 1. The Balaban J connectivity index is 3.20. The Morgan fingerprint density at radius 1 is 1.50 bits per heavy atom. The molecule has 1 aromatic rings. The summed E-state index contributed by atoms with van der Waals surface area (Å²) in [5.74, 6) is 0. The van der Waals surface area contributed by atoms with Crippen LogP contribution in [0.2, 0.25) is 0 Å². The summed E-state index contributed by atoms with van der Waals surface area (Å²) < 4.78 is 26.1. The van der Waals surface area contributed by atoms with Gasteiger partial charge < -0.3 is 5.73 Å². The van der Waals surface area contributed by atoms with Crippen LogP contribution in [0.4, 0.5) is 0 Å². The van der Waals surface area contributed by atoms with Crippen molar-refractivity contribution in [3.05, 3.63) is 16.3 Å². The maximum Gasteiger partial charge on any atom is 0.244 e. The van der Waals surface area contributed by atoms with Gasteiger partial charge in [0.05, 0.1) is 4.90 Å². The monoisotopic (exact) mass is 262 g/mol. The van der Waals surface area contributed by atoms with Crippen molar-refractivity contribution >= 4 is 21.4 Å². The Morgan fingerprint density at radius 3 is 2.56 bits per heavy atom. The van der Waals surface area contributed by atoms with Crippen molar-refractivity contribution in [2.24, 2.45) is 5.73 Å². The largest absolute Gasteiger partial charge is 0.326 e. The summed E-state index contributed by atoms with van der Waals surface area (Å²) in [5.41, 5.74) is 5.54. The molecule has 1 heterocycles. The van der Waals surface area contributed by atoms with Crippen molar-refractivity contribution in [1.29, 1.82) is 0 Å². The van der Waals surface area contributed by atoms with Crippen LogP contribution in [-0.4, -0.2) is 25.3 Å². The van der Waals surface area contributed by atoms with Crippen molar-refractivity contribution in [2.75, 3.05) is 6.54 Å². The molecule has 0 aliphatic heterocycles. The minimum absolute atomic E-state index is 0.0412. The van der Waals surface area contributed by atoms with Gasteiger partial charge in [-0.3, -0.25) is 0 Å². The lowest BCUT2D eigenvalue weighted by molar-refractivity contribution is 0.369. The van der Waals surface area contributed by atoms with Crippen molar-refractivity contribution in [1.82, 2.24) is 4.31 Å². The fraction of sp³-hybridized carbons (Fsp3) is 0.600. The normalized spacial score (nSPS) is 12.6. The van der Waals surface area contributed by atoms with Gasteiger partial charge in [-0.2, -0.15) is 4.31 Å². The molecule has 0 atom stereocenters. The van der Waals surface area contributed by atoms with Gasteiger partial charge in [-0.15, -0.1) is 11.3 Å². The minimum atomic E-state index is -3.39. The van der Waals surface area contributed by atoms with Gasteiger partial charge in [0.15, 0.2) is 0 Å². The third-order valence-corrected chi connectivity index (χ3v) is 5.67. The van der Waals surface area contributed by atoms with E-state index in [4.69, 9.17) is 5.73 Å². The van der Waals surface area contributed by atoms with Crippen LogP contribution >= 0.6 is 11.3 Å². The highest BCUT2D eigenvalue weighted by Gasteiger charge is 2.27. The zero-order valence-corrected chi connectivity index (χ0v) is 11.4. The van der Waals surface area contributed by atoms with Crippen molar-refractivity contribution in [2.45, 2.75) is 38.3 Å². The van der Waals surface area contributed by atoms with Gasteiger partial charge >= 0.3 is 0 Å². The summed E-state index contributed by atoms with van der Waals surface area (Å²) in [6.45, 7) is 6.32. The molecule has 0 saturated heterocycles. The van der Waals surface area contributed by atoms with Gasteiger partial charge in [0.2, 0.25) is 10.0 Å². The predicted octanol–water partition coefficient (Wildman–Crippen LogP) is 1.63. The fourth-order valence-corrected chi connectivity index (χ4v) is 4.60. The SMILES string of the molecule is CCN(C(C)C)S(=O)(=O)c1ccsc1CN. The summed E-state index contributed by atoms with van der Waals surface area (Å²) >= 11 is 1.39. The Morgan fingerprint density at radius 2 is 2.12 bits per heavy atom. The second kappa shape index (κ2) is 5.27. The molecule has 0 unspecified atom stereocenters. The summed E-state index contributed by atoms with van der Waals surface area (Å²) in [5, 5.41) is 1.77. The van der Waals surface area contributed by atoms with Crippen LogP contribution in [0.5, 0.6) is 0 Å². The Labute approximate surface area is 101 Å². The Hall–Kier alpha value is -0.430. The van der Waals surface area contributed by atoms with Crippen LogP contribution in [0.25, 0.3) is 0 Å². The molecule has 0 aliphatic rings. The van der Waals surface area contributed by atoms with Crippen LogP contribution in [0.3, 0.4) is 0 Å². The molecule has 4 nitrogen and oxygen atoms in total. The number of rotatable bonds is 5. The standard InChI is InChI=1S/C10H18N2O2S2/c1-4-12(8(2)3)16(13,14)10-5-6-15-9(10)7-11/h5-6,8H,4,7,11H2,1-3H3. The van der Waals surface area contributed by atoms with E-state index in [0.717, 1.165) is 4.88 Å². The first kappa shape index (κ1) is 13.6. The van der Waals surface area contributed by atoms with Crippen LogP contribution in [-0.2, 0) is 16.6 Å². The Bertz CT molecular complexity index is 437. The van der Waals surface area contributed by atoms with Gasteiger partial charge in [0.25, 0.3) is 0 Å². The lowest BCUT2D eigenvalue weighted by atomic mass is 10.4. The number of nitrogens with two attached hydrogens (primary N) is 1. The van der Waals surface area contributed by atoms with E-state index >= 15 is 0 Å². The van der Waals surface area contributed by atoms with Crippen LogP contribution < -0.4 is 5.73 Å². The maximum absolute atomic E-state index is 12.3. The first-order valence-corrected chi connectivity index (χ1v) is 7.55. The van der Waals surface area contributed by atoms with Gasteiger partial charge in [0.1, 0.15) is 0 Å². The molecule has 0 aromatic carbocycles. The van der Waals surface area contributed by atoms with E-state index in [9.17, 15) is 8.42 Å². The molecule has 2 N–H and O–H groups in total. The summed E-state index contributed by atoms with van der Waals surface area (Å²) in [7, 11) is -3.39. The van der Waals surface area contributed by atoms with E-state index in [2.05, 4.69) is 0 Å². The number of hydrogen-bond donors (Lipinski definition) is 1. The van der Waals surface area contributed by atoms with Gasteiger partial charge in [-0.1, -0.05) is 6.92 Å². The van der Waals surface area contributed by atoms with E-state index in [1.165, 1.54) is 15.6 Å². The lowest BCUT2D eigenvalue weighted by Crippen LogP contribution is -2.36. The first-order valence-electron chi connectivity index (χ1n) is 5.23. The number of thiophene rings is 1. The molecule has 0 fully saturated rings. The smallest absolute Gasteiger partial charge is 0.244 e. The van der Waals surface area contributed by atoms with Gasteiger partial charge in [-0.25, -0.2) is 8.42 Å². The predicted molar refractivity (Wildman–Crippen MR) is 66.9 cm³/mol. The average Bonchev–Trinajstić information content (AvgIpc) is 2.65. The van der Waals surface area contributed by atoms with E-state index in [-0.39, 0.29) is 12.6 Å². The summed E-state index contributed by atoms with van der Waals surface area (Å²) in [6, 6.07) is 1.59. The molecule has 0 saturated carbocycles. The molecule has 0 aliphatic carbocycles. The third kappa shape index (κ3) is 2.45. The van der Waals surface area contributed by atoms with E-state index < -0.39 is 10.0 Å². The molecule has 1 aromatic heterocycles. The maximum atomic E-state index is 12.3. The van der Waals surface area contributed by atoms with Crippen molar-refractivity contribution < 1.29 is 8.42 Å². The third-order valence-electron chi connectivity index (χ3n) is 2.36. The highest BCUT2D eigenvalue weighted by atomic mass is 32.2. The number of hydrogen-bond acceptors (Lipinski definition) is 4. The summed E-state index contributed by atoms with van der Waals surface area (Å²) in [4.78, 5) is 1.08. The average molecular weight is 262 g/mol. The molecule has 0 bridgehead atoms.